The summed E-state index contributed by atoms with van der Waals surface area (Å²) in [6, 6.07) is 2.70. The summed E-state index contributed by atoms with van der Waals surface area (Å²) in [5.74, 6) is -1.15. The Morgan fingerprint density at radius 3 is 2.63 bits per heavy atom. The van der Waals surface area contributed by atoms with E-state index in [1.54, 1.807) is 14.0 Å². The molecule has 1 unspecified atom stereocenters. The van der Waals surface area contributed by atoms with E-state index in [1.807, 2.05) is 0 Å². The molecule has 1 aromatic rings. The van der Waals surface area contributed by atoms with Crippen LogP contribution in [-0.4, -0.2) is 33.0 Å². The van der Waals surface area contributed by atoms with Gasteiger partial charge < -0.3 is 5.32 Å². The predicted molar refractivity (Wildman–Crippen MR) is 66.8 cm³/mol. The summed E-state index contributed by atoms with van der Waals surface area (Å²) in [6.07, 6.45) is 0. The molecule has 0 saturated heterocycles. The highest BCUT2D eigenvalue weighted by atomic mass is 32.2. The van der Waals surface area contributed by atoms with Gasteiger partial charge in [0.05, 0.1) is 4.92 Å². The van der Waals surface area contributed by atoms with Gasteiger partial charge in [0.25, 0.3) is 5.69 Å². The number of nitro benzene ring substituents is 1. The standard InChI is InChI=1S/C10H14FN3O4S/c1-7(12-2)6-13-19(17,18)10-8(11)4-3-5-9(10)14(15)16/h3-5,7,12-13H,6H2,1-2H3. The van der Waals surface area contributed by atoms with E-state index < -0.39 is 31.3 Å². The van der Waals surface area contributed by atoms with E-state index in [0.29, 0.717) is 0 Å². The zero-order chi connectivity index (χ0) is 14.6. The molecule has 0 radical (unpaired) electrons. The van der Waals surface area contributed by atoms with Crippen molar-refractivity contribution in [2.75, 3.05) is 13.6 Å². The minimum absolute atomic E-state index is 0.00960. The molecule has 9 heteroatoms. The van der Waals surface area contributed by atoms with E-state index in [1.165, 1.54) is 0 Å². The van der Waals surface area contributed by atoms with Crippen molar-refractivity contribution < 1.29 is 17.7 Å². The molecule has 0 heterocycles. The highest BCUT2D eigenvalue weighted by Gasteiger charge is 2.29. The molecule has 0 fully saturated rings. The smallest absolute Gasteiger partial charge is 0.292 e. The maximum Gasteiger partial charge on any atom is 0.292 e. The zero-order valence-corrected chi connectivity index (χ0v) is 11.2. The van der Waals surface area contributed by atoms with Crippen LogP contribution >= 0.6 is 0 Å². The fourth-order valence-corrected chi connectivity index (χ4v) is 2.67. The van der Waals surface area contributed by atoms with Crippen LogP contribution in [0.15, 0.2) is 23.1 Å². The number of nitrogens with one attached hydrogen (secondary N) is 2. The van der Waals surface area contributed by atoms with Gasteiger partial charge in [-0.2, -0.15) is 0 Å². The van der Waals surface area contributed by atoms with E-state index >= 15 is 0 Å². The Labute approximate surface area is 110 Å². The lowest BCUT2D eigenvalue weighted by Gasteiger charge is -2.12. The minimum Gasteiger partial charge on any atom is -0.316 e. The van der Waals surface area contributed by atoms with Crippen molar-refractivity contribution in [3.63, 3.8) is 0 Å². The van der Waals surface area contributed by atoms with E-state index in [9.17, 15) is 22.9 Å². The van der Waals surface area contributed by atoms with Gasteiger partial charge in [-0.1, -0.05) is 6.07 Å². The summed E-state index contributed by atoms with van der Waals surface area (Å²) in [5.41, 5.74) is -0.787. The van der Waals surface area contributed by atoms with Crippen molar-refractivity contribution in [3.8, 4) is 0 Å². The van der Waals surface area contributed by atoms with Crippen LogP contribution in [0.3, 0.4) is 0 Å². The van der Waals surface area contributed by atoms with Crippen LogP contribution in [0.2, 0.25) is 0 Å². The Morgan fingerprint density at radius 1 is 1.47 bits per heavy atom. The monoisotopic (exact) mass is 291 g/mol. The largest absolute Gasteiger partial charge is 0.316 e. The first-order valence-electron chi connectivity index (χ1n) is 5.39. The summed E-state index contributed by atoms with van der Waals surface area (Å²) < 4.78 is 39.5. The fourth-order valence-electron chi connectivity index (χ4n) is 1.32. The number of hydrogen-bond acceptors (Lipinski definition) is 5. The SMILES string of the molecule is CNC(C)CNS(=O)(=O)c1c(F)cccc1[N+](=O)[O-]. The van der Waals surface area contributed by atoms with Crippen molar-refractivity contribution in [2.24, 2.45) is 0 Å². The maximum atomic E-state index is 13.6. The quantitative estimate of drug-likeness (QED) is 0.591. The molecule has 0 aliphatic carbocycles. The van der Waals surface area contributed by atoms with Crippen molar-refractivity contribution in [1.82, 2.24) is 10.0 Å². The molecule has 7 nitrogen and oxygen atoms in total. The highest BCUT2D eigenvalue weighted by molar-refractivity contribution is 7.89. The van der Waals surface area contributed by atoms with Gasteiger partial charge in [0.2, 0.25) is 10.0 Å². The van der Waals surface area contributed by atoms with E-state index in [-0.39, 0.29) is 12.6 Å². The number of nitrogens with zero attached hydrogens (tertiary/aromatic N) is 1. The summed E-state index contributed by atoms with van der Waals surface area (Å²) in [4.78, 5) is 8.88. The molecule has 1 rings (SSSR count). The number of sulfonamides is 1. The molecule has 19 heavy (non-hydrogen) atoms. The topological polar surface area (TPSA) is 101 Å². The van der Waals surface area contributed by atoms with Crippen LogP contribution in [0.25, 0.3) is 0 Å². The second-order valence-electron chi connectivity index (χ2n) is 3.89. The Bertz CT molecular complexity index is 576. The summed E-state index contributed by atoms with van der Waals surface area (Å²) in [7, 11) is -2.65. The van der Waals surface area contributed by atoms with Crippen LogP contribution in [0.1, 0.15) is 6.92 Å². The first kappa shape index (κ1) is 15.5. The lowest BCUT2D eigenvalue weighted by Crippen LogP contribution is -2.37. The van der Waals surface area contributed by atoms with Gasteiger partial charge in [-0.3, -0.25) is 10.1 Å². The number of halogens is 1. The van der Waals surface area contributed by atoms with Gasteiger partial charge in [0.15, 0.2) is 4.90 Å². The summed E-state index contributed by atoms with van der Waals surface area (Å²) in [6.45, 7) is 1.70. The van der Waals surface area contributed by atoms with E-state index in [0.717, 1.165) is 18.2 Å². The van der Waals surface area contributed by atoms with E-state index in [2.05, 4.69) is 10.0 Å². The molecule has 0 spiro atoms. The van der Waals surface area contributed by atoms with Crippen LogP contribution in [0.5, 0.6) is 0 Å². The average molecular weight is 291 g/mol. The number of benzene rings is 1. The third-order valence-electron chi connectivity index (χ3n) is 2.48. The number of likely N-dealkylation sites (N-methyl/N-ethyl adjacent to an activating group) is 1. The van der Waals surface area contributed by atoms with Gasteiger partial charge >= 0.3 is 0 Å². The fraction of sp³-hybridized carbons (Fsp3) is 0.400. The molecule has 1 aromatic carbocycles. The zero-order valence-electron chi connectivity index (χ0n) is 10.4. The van der Waals surface area contributed by atoms with Crippen molar-refractivity contribution in [1.29, 1.82) is 0 Å². The lowest BCUT2D eigenvalue weighted by molar-refractivity contribution is -0.388. The van der Waals surface area contributed by atoms with Crippen LogP contribution < -0.4 is 10.0 Å². The Balaban J connectivity index is 3.17. The predicted octanol–water partition coefficient (Wildman–Crippen LogP) is 0.620. The molecule has 0 saturated carbocycles. The van der Waals surface area contributed by atoms with Gasteiger partial charge in [-0.05, 0) is 20.0 Å². The van der Waals surface area contributed by atoms with Crippen LogP contribution in [0.4, 0.5) is 10.1 Å². The van der Waals surface area contributed by atoms with Crippen molar-refractivity contribution in [2.45, 2.75) is 17.9 Å². The molecule has 0 aromatic heterocycles. The third-order valence-corrected chi connectivity index (χ3v) is 3.97. The minimum atomic E-state index is -4.28. The summed E-state index contributed by atoms with van der Waals surface area (Å²) in [5, 5.41) is 13.5. The highest BCUT2D eigenvalue weighted by Crippen LogP contribution is 2.25. The number of nitro groups is 1. The average Bonchev–Trinajstić information content (AvgIpc) is 2.35. The molecule has 106 valence electrons. The van der Waals surface area contributed by atoms with Crippen LogP contribution in [-0.2, 0) is 10.0 Å². The molecule has 2 N–H and O–H groups in total. The van der Waals surface area contributed by atoms with Crippen molar-refractivity contribution in [3.05, 3.63) is 34.1 Å². The molecule has 0 aliphatic rings. The van der Waals surface area contributed by atoms with Gasteiger partial charge in [0.1, 0.15) is 5.82 Å². The maximum absolute atomic E-state index is 13.6. The molecular formula is C10H14FN3O4S. The second-order valence-corrected chi connectivity index (χ2v) is 5.59. The normalized spacial score (nSPS) is 13.2. The first-order chi connectivity index (χ1) is 8.79. The third kappa shape index (κ3) is 3.69. The number of hydrogen-bond donors (Lipinski definition) is 2. The van der Waals surface area contributed by atoms with Crippen LogP contribution in [0, 0.1) is 15.9 Å². The molecular weight excluding hydrogens is 277 g/mol. The molecule has 0 amide bonds. The number of rotatable bonds is 6. The Morgan fingerprint density at radius 2 is 2.11 bits per heavy atom. The van der Waals surface area contributed by atoms with E-state index in [4.69, 9.17) is 0 Å². The molecule has 1 atom stereocenters. The van der Waals surface area contributed by atoms with Crippen molar-refractivity contribution >= 4 is 15.7 Å². The van der Waals surface area contributed by atoms with Gasteiger partial charge in [0, 0.05) is 18.7 Å². The Hall–Kier alpha value is -1.58. The summed E-state index contributed by atoms with van der Waals surface area (Å²) >= 11 is 0. The lowest BCUT2D eigenvalue weighted by atomic mass is 10.3. The second kappa shape index (κ2) is 6.04. The molecule has 0 bridgehead atoms. The van der Waals surface area contributed by atoms with Gasteiger partial charge in [-0.25, -0.2) is 17.5 Å². The first-order valence-corrected chi connectivity index (χ1v) is 6.87. The Kier molecular flexibility index (Phi) is 4.92. The molecule has 0 aliphatic heterocycles. The van der Waals surface area contributed by atoms with Gasteiger partial charge in [-0.15, -0.1) is 0 Å².